The smallest absolute Gasteiger partial charge is 0.125 e. The predicted octanol–water partition coefficient (Wildman–Crippen LogP) is 1.59. The van der Waals surface area contributed by atoms with Gasteiger partial charge in [-0.3, -0.25) is 0 Å². The second kappa shape index (κ2) is 3.70. The van der Waals surface area contributed by atoms with Gasteiger partial charge in [0.25, 0.3) is 0 Å². The molecule has 1 aliphatic carbocycles. The molecule has 4 N–H and O–H groups in total. The van der Waals surface area contributed by atoms with Gasteiger partial charge in [0.05, 0.1) is 18.0 Å². The normalized spacial score (nSPS) is 17.5. The van der Waals surface area contributed by atoms with Crippen molar-refractivity contribution >= 4 is 11.4 Å². The molecule has 0 saturated heterocycles. The van der Waals surface area contributed by atoms with Gasteiger partial charge in [0, 0.05) is 12.0 Å². The van der Waals surface area contributed by atoms with E-state index in [1.54, 1.807) is 6.07 Å². The third-order valence-corrected chi connectivity index (χ3v) is 2.96. The molecule has 0 bridgehead atoms. The highest BCUT2D eigenvalue weighted by Gasteiger charge is 2.41. The van der Waals surface area contributed by atoms with E-state index in [1.807, 2.05) is 0 Å². The Bertz CT molecular complexity index is 364. The molecule has 1 aromatic carbocycles. The number of halogens is 1. The van der Waals surface area contributed by atoms with Crippen molar-refractivity contribution in [1.29, 1.82) is 0 Å². The zero-order valence-electron chi connectivity index (χ0n) is 8.46. The highest BCUT2D eigenvalue weighted by atomic mass is 19.1. The number of aliphatic hydroxyl groups is 1. The molecular weight excluding hydrogens is 195 g/mol. The van der Waals surface area contributed by atoms with Crippen LogP contribution in [0.4, 0.5) is 15.8 Å². The van der Waals surface area contributed by atoms with E-state index in [4.69, 9.17) is 10.8 Å². The van der Waals surface area contributed by atoms with Crippen molar-refractivity contribution in [1.82, 2.24) is 0 Å². The van der Waals surface area contributed by atoms with Gasteiger partial charge in [-0.05, 0) is 31.0 Å². The van der Waals surface area contributed by atoms with E-state index in [0.29, 0.717) is 12.2 Å². The fourth-order valence-electron chi connectivity index (χ4n) is 1.54. The average molecular weight is 210 g/mol. The van der Waals surface area contributed by atoms with Crippen molar-refractivity contribution in [3.8, 4) is 0 Å². The summed E-state index contributed by atoms with van der Waals surface area (Å²) in [6, 6.07) is 4.29. The van der Waals surface area contributed by atoms with Crippen LogP contribution in [0.1, 0.15) is 12.8 Å². The first-order valence-corrected chi connectivity index (χ1v) is 5.05. The van der Waals surface area contributed by atoms with Crippen molar-refractivity contribution in [3.05, 3.63) is 24.0 Å². The third-order valence-electron chi connectivity index (χ3n) is 2.96. The summed E-state index contributed by atoms with van der Waals surface area (Å²) in [6.45, 7) is 0.889. The average Bonchev–Trinajstić information content (AvgIpc) is 2.97. The van der Waals surface area contributed by atoms with Crippen LogP contribution in [0.2, 0.25) is 0 Å². The minimum Gasteiger partial charge on any atom is -0.397 e. The Hall–Kier alpha value is -1.29. The van der Waals surface area contributed by atoms with E-state index >= 15 is 0 Å². The number of nitrogens with one attached hydrogen (secondary N) is 1. The van der Waals surface area contributed by atoms with Crippen LogP contribution in [0, 0.1) is 11.2 Å². The van der Waals surface area contributed by atoms with E-state index in [-0.39, 0.29) is 17.8 Å². The predicted molar refractivity (Wildman–Crippen MR) is 58.1 cm³/mol. The summed E-state index contributed by atoms with van der Waals surface area (Å²) in [7, 11) is 0. The molecule has 0 aromatic heterocycles. The number of hydrogen-bond acceptors (Lipinski definition) is 3. The lowest BCUT2D eigenvalue weighted by Gasteiger charge is -2.15. The third kappa shape index (κ3) is 2.21. The van der Waals surface area contributed by atoms with Crippen LogP contribution in [0.25, 0.3) is 0 Å². The van der Waals surface area contributed by atoms with Gasteiger partial charge in [-0.2, -0.15) is 0 Å². The van der Waals surface area contributed by atoms with E-state index < -0.39 is 0 Å². The molecule has 0 aliphatic heterocycles. The van der Waals surface area contributed by atoms with Gasteiger partial charge in [0.15, 0.2) is 0 Å². The highest BCUT2D eigenvalue weighted by Crippen LogP contribution is 2.45. The molecule has 2 rings (SSSR count). The van der Waals surface area contributed by atoms with Gasteiger partial charge in [0.1, 0.15) is 5.82 Å². The molecule has 1 fully saturated rings. The summed E-state index contributed by atoms with van der Waals surface area (Å²) in [6.07, 6.45) is 2.08. The van der Waals surface area contributed by atoms with Crippen LogP contribution in [0.3, 0.4) is 0 Å². The number of hydrogen-bond donors (Lipinski definition) is 3. The molecule has 0 atom stereocenters. The molecule has 0 unspecified atom stereocenters. The SMILES string of the molecule is Nc1cc(F)ccc1NCC1(CO)CC1. The molecule has 3 nitrogen and oxygen atoms in total. The molecule has 15 heavy (non-hydrogen) atoms. The van der Waals surface area contributed by atoms with Gasteiger partial charge in [-0.1, -0.05) is 0 Å². The second-order valence-electron chi connectivity index (χ2n) is 4.24. The van der Waals surface area contributed by atoms with Crippen LogP contribution < -0.4 is 11.1 Å². The minimum atomic E-state index is -0.332. The molecule has 4 heteroatoms. The lowest BCUT2D eigenvalue weighted by Crippen LogP contribution is -2.19. The van der Waals surface area contributed by atoms with Crippen LogP contribution in [-0.4, -0.2) is 18.3 Å². The van der Waals surface area contributed by atoms with E-state index in [9.17, 15) is 4.39 Å². The summed E-state index contributed by atoms with van der Waals surface area (Å²) < 4.78 is 12.8. The lowest BCUT2D eigenvalue weighted by atomic mass is 10.1. The van der Waals surface area contributed by atoms with Crippen LogP contribution in [-0.2, 0) is 0 Å². The Balaban J connectivity index is 1.99. The first-order chi connectivity index (χ1) is 7.15. The largest absolute Gasteiger partial charge is 0.397 e. The Morgan fingerprint density at radius 2 is 2.20 bits per heavy atom. The zero-order valence-corrected chi connectivity index (χ0v) is 8.46. The van der Waals surface area contributed by atoms with E-state index in [1.165, 1.54) is 12.1 Å². The maximum Gasteiger partial charge on any atom is 0.125 e. The number of nitrogens with two attached hydrogens (primary N) is 1. The molecule has 1 saturated carbocycles. The summed E-state index contributed by atoms with van der Waals surface area (Å²) in [5.41, 5.74) is 6.81. The number of anilines is 2. The number of rotatable bonds is 4. The van der Waals surface area contributed by atoms with Gasteiger partial charge >= 0.3 is 0 Å². The highest BCUT2D eigenvalue weighted by molar-refractivity contribution is 5.65. The first kappa shape index (κ1) is 10.2. The number of aliphatic hydroxyl groups excluding tert-OH is 1. The topological polar surface area (TPSA) is 58.3 Å². The molecule has 0 heterocycles. The van der Waals surface area contributed by atoms with Gasteiger partial charge in [0.2, 0.25) is 0 Å². The Morgan fingerprint density at radius 3 is 2.73 bits per heavy atom. The molecule has 1 aliphatic rings. The standard InChI is InChI=1S/C11H15FN2O/c12-8-1-2-10(9(13)5-8)14-6-11(7-15)3-4-11/h1-2,5,14-15H,3-4,6-7,13H2. The van der Waals surface area contributed by atoms with Crippen LogP contribution in [0.15, 0.2) is 18.2 Å². The molecule has 82 valence electrons. The molecule has 1 aromatic rings. The van der Waals surface area contributed by atoms with Crippen molar-refractivity contribution in [3.63, 3.8) is 0 Å². The molecule has 0 amide bonds. The van der Waals surface area contributed by atoms with E-state index in [0.717, 1.165) is 18.5 Å². The van der Waals surface area contributed by atoms with Crippen molar-refractivity contribution in [2.75, 3.05) is 24.2 Å². The molecular formula is C11H15FN2O. The summed E-state index contributed by atoms with van der Waals surface area (Å²) in [5.74, 6) is -0.332. The minimum absolute atomic E-state index is 0.0286. The lowest BCUT2D eigenvalue weighted by molar-refractivity contribution is 0.220. The van der Waals surface area contributed by atoms with Crippen LogP contribution >= 0.6 is 0 Å². The summed E-state index contributed by atoms with van der Waals surface area (Å²) in [5, 5.41) is 12.3. The van der Waals surface area contributed by atoms with Gasteiger partial charge < -0.3 is 16.2 Å². The summed E-state index contributed by atoms with van der Waals surface area (Å²) in [4.78, 5) is 0. The maximum absolute atomic E-state index is 12.8. The maximum atomic E-state index is 12.8. The van der Waals surface area contributed by atoms with Crippen molar-refractivity contribution in [2.24, 2.45) is 5.41 Å². The second-order valence-corrected chi connectivity index (χ2v) is 4.24. The fourth-order valence-corrected chi connectivity index (χ4v) is 1.54. The van der Waals surface area contributed by atoms with Crippen molar-refractivity contribution < 1.29 is 9.50 Å². The zero-order chi connectivity index (χ0) is 10.9. The first-order valence-electron chi connectivity index (χ1n) is 5.05. The quantitative estimate of drug-likeness (QED) is 0.661. The fraction of sp³-hybridized carbons (Fsp3) is 0.455. The molecule has 0 spiro atoms. The Morgan fingerprint density at radius 1 is 1.47 bits per heavy atom. The summed E-state index contributed by atoms with van der Waals surface area (Å²) >= 11 is 0. The number of nitrogen functional groups attached to an aromatic ring is 1. The van der Waals surface area contributed by atoms with Gasteiger partial charge in [-0.15, -0.1) is 0 Å². The molecule has 0 radical (unpaired) electrons. The number of benzene rings is 1. The van der Waals surface area contributed by atoms with Crippen LogP contribution in [0.5, 0.6) is 0 Å². The monoisotopic (exact) mass is 210 g/mol. The Labute approximate surface area is 88.1 Å². The van der Waals surface area contributed by atoms with E-state index in [2.05, 4.69) is 5.32 Å². The Kier molecular flexibility index (Phi) is 2.52. The van der Waals surface area contributed by atoms with Crippen molar-refractivity contribution in [2.45, 2.75) is 12.8 Å². The van der Waals surface area contributed by atoms with Gasteiger partial charge in [-0.25, -0.2) is 4.39 Å².